The Kier molecular flexibility index (Phi) is 5.57. The van der Waals surface area contributed by atoms with Gasteiger partial charge < -0.3 is 20.5 Å². The van der Waals surface area contributed by atoms with Gasteiger partial charge in [-0.2, -0.15) is 0 Å². The Balaban J connectivity index is 0.00000220. The molecule has 7 heteroatoms. The van der Waals surface area contributed by atoms with E-state index in [0.29, 0.717) is 11.4 Å². The molecule has 0 atom stereocenters. The first-order valence-corrected chi connectivity index (χ1v) is 6.35. The summed E-state index contributed by atoms with van der Waals surface area (Å²) in [7, 11) is 1.30. The van der Waals surface area contributed by atoms with Gasteiger partial charge in [0.05, 0.1) is 12.6 Å². The number of rotatable bonds is 5. The van der Waals surface area contributed by atoms with E-state index in [0.717, 1.165) is 18.4 Å². The summed E-state index contributed by atoms with van der Waals surface area (Å²) < 4.78 is 9.76. The molecule has 116 valence electrons. The van der Waals surface area contributed by atoms with Crippen molar-refractivity contribution in [2.24, 2.45) is 5.73 Å². The molecule has 6 nitrogen and oxygen atoms in total. The Bertz CT molecular complexity index is 544. The van der Waals surface area contributed by atoms with Crippen LogP contribution in [0.15, 0.2) is 18.2 Å². The number of carbonyl (C=O) groups excluding carboxylic acids is 2. The number of aryl methyl sites for hydroxylation is 1. The molecule has 3 N–H and O–H groups in total. The van der Waals surface area contributed by atoms with Gasteiger partial charge in [-0.3, -0.25) is 4.79 Å². The molecular weight excluding hydrogens is 296 g/mol. The Morgan fingerprint density at radius 2 is 2.05 bits per heavy atom. The minimum absolute atomic E-state index is 0. The largest absolute Gasteiger partial charge is 0.482 e. The minimum Gasteiger partial charge on any atom is -0.482 e. The maximum Gasteiger partial charge on any atom is 0.343 e. The summed E-state index contributed by atoms with van der Waals surface area (Å²) in [5.74, 6) is -0.0672. The average Bonchev–Trinajstić information content (AvgIpc) is 3.18. The number of nitrogens with two attached hydrogens (primary N) is 1. The third-order valence-electron chi connectivity index (χ3n) is 3.27. The van der Waals surface area contributed by atoms with Gasteiger partial charge in [-0.25, -0.2) is 4.79 Å². The molecule has 0 bridgehead atoms. The maximum absolute atomic E-state index is 11.9. The van der Waals surface area contributed by atoms with E-state index in [9.17, 15) is 9.59 Å². The van der Waals surface area contributed by atoms with E-state index in [1.807, 2.05) is 6.92 Å². The first kappa shape index (κ1) is 17.3. The molecule has 0 aliphatic heterocycles. The molecule has 0 aromatic heterocycles. The lowest BCUT2D eigenvalue weighted by atomic mass is 10.1. The lowest BCUT2D eigenvalue weighted by Gasteiger charge is -2.13. The molecule has 1 aliphatic carbocycles. The van der Waals surface area contributed by atoms with E-state index in [2.05, 4.69) is 10.1 Å². The van der Waals surface area contributed by atoms with Crippen LogP contribution in [0, 0.1) is 6.92 Å². The Hall–Kier alpha value is -1.79. The van der Waals surface area contributed by atoms with Gasteiger partial charge in [0, 0.05) is 5.69 Å². The van der Waals surface area contributed by atoms with Crippen molar-refractivity contribution >= 4 is 30.0 Å². The first-order chi connectivity index (χ1) is 9.44. The van der Waals surface area contributed by atoms with Crippen molar-refractivity contribution in [3.8, 4) is 5.75 Å². The highest BCUT2D eigenvalue weighted by Crippen LogP contribution is 2.34. The predicted octanol–water partition coefficient (Wildman–Crippen LogP) is 1.40. The average molecular weight is 315 g/mol. The van der Waals surface area contributed by atoms with Crippen molar-refractivity contribution in [1.82, 2.24) is 0 Å². The summed E-state index contributed by atoms with van der Waals surface area (Å²) in [6, 6.07) is 5.15. The van der Waals surface area contributed by atoms with E-state index in [1.54, 1.807) is 18.2 Å². The van der Waals surface area contributed by atoms with E-state index < -0.39 is 11.5 Å². The fourth-order valence-corrected chi connectivity index (χ4v) is 1.68. The molecule has 1 saturated carbocycles. The van der Waals surface area contributed by atoms with Crippen molar-refractivity contribution in [3.05, 3.63) is 23.8 Å². The minimum atomic E-state index is -0.702. The van der Waals surface area contributed by atoms with E-state index >= 15 is 0 Å². The van der Waals surface area contributed by atoms with Gasteiger partial charge in [-0.1, -0.05) is 0 Å². The number of benzene rings is 1. The number of ether oxygens (including phenoxy) is 2. The van der Waals surface area contributed by atoms with Crippen LogP contribution in [-0.2, 0) is 14.3 Å². The Labute approximate surface area is 129 Å². The molecule has 1 aromatic carbocycles. The standard InChI is InChI=1S/C14H18N2O4.ClH/c1-9-7-10(20-8-12(17)19-2)3-4-11(9)16-13(18)14(15)5-6-14;/h3-4,7H,5-6,8,15H2,1-2H3,(H,16,18);1H. The van der Waals surface area contributed by atoms with E-state index in [1.165, 1.54) is 7.11 Å². The van der Waals surface area contributed by atoms with Crippen molar-refractivity contribution in [1.29, 1.82) is 0 Å². The number of hydrogen-bond donors (Lipinski definition) is 2. The number of methoxy groups -OCH3 is 1. The van der Waals surface area contributed by atoms with Gasteiger partial charge in [0.1, 0.15) is 5.75 Å². The number of amides is 1. The van der Waals surface area contributed by atoms with Gasteiger partial charge in [-0.15, -0.1) is 12.4 Å². The number of anilines is 1. The van der Waals surface area contributed by atoms with Crippen molar-refractivity contribution in [2.75, 3.05) is 19.0 Å². The number of halogens is 1. The molecule has 0 spiro atoms. The van der Waals surface area contributed by atoms with Crippen molar-refractivity contribution < 1.29 is 19.1 Å². The topological polar surface area (TPSA) is 90.6 Å². The van der Waals surface area contributed by atoms with Crippen LogP contribution in [-0.4, -0.2) is 31.1 Å². The molecule has 0 saturated heterocycles. The van der Waals surface area contributed by atoms with Crippen LogP contribution in [0.3, 0.4) is 0 Å². The fraction of sp³-hybridized carbons (Fsp3) is 0.429. The van der Waals surface area contributed by atoms with Crippen LogP contribution >= 0.6 is 12.4 Å². The summed E-state index contributed by atoms with van der Waals surface area (Å²) in [5, 5.41) is 2.80. The molecule has 0 unspecified atom stereocenters. The third kappa shape index (κ3) is 4.34. The van der Waals surface area contributed by atoms with E-state index in [-0.39, 0.29) is 24.9 Å². The molecule has 1 aliphatic rings. The Morgan fingerprint density at radius 3 is 2.57 bits per heavy atom. The maximum atomic E-state index is 11.9. The van der Waals surface area contributed by atoms with Gasteiger partial charge in [0.25, 0.3) is 0 Å². The second kappa shape index (κ2) is 6.78. The zero-order valence-corrected chi connectivity index (χ0v) is 12.8. The predicted molar refractivity (Wildman–Crippen MR) is 80.7 cm³/mol. The smallest absolute Gasteiger partial charge is 0.343 e. The number of nitrogens with one attached hydrogen (secondary N) is 1. The van der Waals surface area contributed by atoms with Crippen molar-refractivity contribution in [2.45, 2.75) is 25.3 Å². The molecule has 1 amide bonds. The Morgan fingerprint density at radius 1 is 1.38 bits per heavy atom. The monoisotopic (exact) mass is 314 g/mol. The first-order valence-electron chi connectivity index (χ1n) is 6.35. The fourth-order valence-electron chi connectivity index (χ4n) is 1.68. The molecule has 1 aromatic rings. The van der Waals surface area contributed by atoms with Crippen LogP contribution < -0.4 is 15.8 Å². The second-order valence-corrected chi connectivity index (χ2v) is 4.95. The molecular formula is C14H19ClN2O4. The molecule has 0 radical (unpaired) electrons. The van der Waals surface area contributed by atoms with Gasteiger partial charge in [0.15, 0.2) is 6.61 Å². The third-order valence-corrected chi connectivity index (χ3v) is 3.27. The van der Waals surface area contributed by atoms with Crippen LogP contribution in [0.5, 0.6) is 5.75 Å². The summed E-state index contributed by atoms with van der Waals surface area (Å²) in [4.78, 5) is 22.8. The molecule has 0 heterocycles. The van der Waals surface area contributed by atoms with Crippen LogP contribution in [0.4, 0.5) is 5.69 Å². The second-order valence-electron chi connectivity index (χ2n) is 4.95. The summed E-state index contributed by atoms with van der Waals surface area (Å²) in [5.41, 5.74) is 6.65. The summed E-state index contributed by atoms with van der Waals surface area (Å²) in [6.45, 7) is 1.70. The molecule has 2 rings (SSSR count). The highest BCUT2D eigenvalue weighted by Gasteiger charge is 2.46. The lowest BCUT2D eigenvalue weighted by Crippen LogP contribution is -2.37. The van der Waals surface area contributed by atoms with Gasteiger partial charge in [0.2, 0.25) is 5.91 Å². The van der Waals surface area contributed by atoms with E-state index in [4.69, 9.17) is 10.5 Å². The summed E-state index contributed by atoms with van der Waals surface area (Å²) in [6.07, 6.45) is 1.44. The quantitative estimate of drug-likeness (QED) is 0.802. The van der Waals surface area contributed by atoms with Gasteiger partial charge >= 0.3 is 5.97 Å². The normalized spacial score (nSPS) is 14.6. The van der Waals surface area contributed by atoms with Crippen LogP contribution in [0.25, 0.3) is 0 Å². The zero-order valence-electron chi connectivity index (χ0n) is 12.0. The lowest BCUT2D eigenvalue weighted by molar-refractivity contribution is -0.142. The number of hydrogen-bond acceptors (Lipinski definition) is 5. The van der Waals surface area contributed by atoms with Crippen molar-refractivity contribution in [3.63, 3.8) is 0 Å². The summed E-state index contributed by atoms with van der Waals surface area (Å²) >= 11 is 0. The van der Waals surface area contributed by atoms with Gasteiger partial charge in [-0.05, 0) is 43.5 Å². The van der Waals surface area contributed by atoms with Crippen LogP contribution in [0.2, 0.25) is 0 Å². The SMILES string of the molecule is COC(=O)COc1ccc(NC(=O)C2(N)CC2)c(C)c1.Cl. The molecule has 1 fully saturated rings. The zero-order chi connectivity index (χ0) is 14.8. The number of esters is 1. The number of carbonyl (C=O) groups is 2. The molecule has 21 heavy (non-hydrogen) atoms. The highest BCUT2D eigenvalue weighted by atomic mass is 35.5. The highest BCUT2D eigenvalue weighted by molar-refractivity contribution is 6.00. The van der Waals surface area contributed by atoms with Crippen LogP contribution in [0.1, 0.15) is 18.4 Å².